The highest BCUT2D eigenvalue weighted by molar-refractivity contribution is 5.14. The van der Waals surface area contributed by atoms with Gasteiger partial charge in [-0.05, 0) is 19.4 Å². The number of nitrogens with one attached hydrogen (secondary N) is 1. The van der Waals surface area contributed by atoms with Crippen LogP contribution in [-0.4, -0.2) is 25.4 Å². The van der Waals surface area contributed by atoms with Crippen LogP contribution in [0.25, 0.3) is 0 Å². The molecule has 0 aliphatic heterocycles. The van der Waals surface area contributed by atoms with Gasteiger partial charge in [-0.25, -0.2) is 4.98 Å². The van der Waals surface area contributed by atoms with Crippen LogP contribution in [0.5, 0.6) is 0 Å². The molecule has 0 unspecified atom stereocenters. The highest BCUT2D eigenvalue weighted by Gasteiger charge is 2.11. The van der Waals surface area contributed by atoms with E-state index in [0.29, 0.717) is 6.04 Å². The maximum atomic E-state index is 4.51. The van der Waals surface area contributed by atoms with Crippen molar-refractivity contribution in [2.75, 3.05) is 0 Å². The Balaban J connectivity index is 2.19. The average molecular weight is 275 g/mol. The van der Waals surface area contributed by atoms with Crippen molar-refractivity contribution in [1.29, 1.82) is 0 Å². The normalized spacial score (nSPS) is 11.5. The number of aryl methyl sites for hydroxylation is 3. The van der Waals surface area contributed by atoms with E-state index in [1.165, 1.54) is 11.4 Å². The summed E-state index contributed by atoms with van der Waals surface area (Å²) in [5, 5.41) is 7.96. The predicted molar refractivity (Wildman–Crippen MR) is 80.6 cm³/mol. The summed E-state index contributed by atoms with van der Waals surface area (Å²) in [6.07, 6.45) is 2.93. The lowest BCUT2D eigenvalue weighted by atomic mass is 10.3. The molecule has 0 saturated heterocycles. The van der Waals surface area contributed by atoms with Gasteiger partial charge in [-0.15, -0.1) is 0 Å². The van der Waals surface area contributed by atoms with Gasteiger partial charge in [0.1, 0.15) is 5.82 Å². The summed E-state index contributed by atoms with van der Waals surface area (Å²) in [5.74, 6) is 1.05. The summed E-state index contributed by atoms with van der Waals surface area (Å²) in [6.45, 7) is 10.2. The summed E-state index contributed by atoms with van der Waals surface area (Å²) < 4.78 is 4.23. The first-order chi connectivity index (χ1) is 9.51. The molecule has 0 aromatic carbocycles. The zero-order chi connectivity index (χ0) is 14.7. The zero-order valence-electron chi connectivity index (χ0n) is 13.1. The van der Waals surface area contributed by atoms with Crippen LogP contribution in [-0.2, 0) is 26.6 Å². The first-order valence-electron chi connectivity index (χ1n) is 7.27. The highest BCUT2D eigenvalue weighted by atomic mass is 15.3. The van der Waals surface area contributed by atoms with Crippen LogP contribution in [0.2, 0.25) is 0 Å². The Morgan fingerprint density at radius 3 is 2.65 bits per heavy atom. The van der Waals surface area contributed by atoms with E-state index in [1.54, 1.807) is 0 Å². The quantitative estimate of drug-likeness (QED) is 0.877. The van der Waals surface area contributed by atoms with Gasteiger partial charge in [0.2, 0.25) is 0 Å². The smallest absolute Gasteiger partial charge is 0.106 e. The third-order valence-electron chi connectivity index (χ3n) is 3.54. The fourth-order valence-electron chi connectivity index (χ4n) is 2.24. The lowest BCUT2D eigenvalue weighted by Crippen LogP contribution is -2.24. The fourth-order valence-corrected chi connectivity index (χ4v) is 2.24. The minimum Gasteiger partial charge on any atom is -0.325 e. The van der Waals surface area contributed by atoms with E-state index in [1.807, 2.05) is 17.9 Å². The lowest BCUT2D eigenvalue weighted by molar-refractivity contribution is 0.555. The van der Waals surface area contributed by atoms with Crippen molar-refractivity contribution in [3.8, 4) is 0 Å². The molecule has 110 valence electrons. The van der Waals surface area contributed by atoms with Crippen molar-refractivity contribution < 1.29 is 0 Å². The average Bonchev–Trinajstić information content (AvgIpc) is 2.93. The molecule has 0 aliphatic carbocycles. The van der Waals surface area contributed by atoms with Crippen molar-refractivity contribution in [1.82, 2.24) is 24.6 Å². The second kappa shape index (κ2) is 6.22. The predicted octanol–water partition coefficient (Wildman–Crippen LogP) is 2.03. The summed E-state index contributed by atoms with van der Waals surface area (Å²) in [4.78, 5) is 4.44. The molecule has 20 heavy (non-hydrogen) atoms. The molecule has 1 N–H and O–H groups in total. The molecule has 2 aromatic heterocycles. The molecule has 0 atom stereocenters. The van der Waals surface area contributed by atoms with Crippen molar-refractivity contribution in [2.45, 2.75) is 53.2 Å². The molecule has 0 radical (unpaired) electrons. The van der Waals surface area contributed by atoms with Gasteiger partial charge < -0.3 is 9.88 Å². The van der Waals surface area contributed by atoms with Crippen LogP contribution in [0.3, 0.4) is 0 Å². The third kappa shape index (κ3) is 3.28. The monoisotopic (exact) mass is 275 g/mol. The van der Waals surface area contributed by atoms with E-state index in [2.05, 4.69) is 53.7 Å². The van der Waals surface area contributed by atoms with Crippen LogP contribution >= 0.6 is 0 Å². The number of hydrogen-bond acceptors (Lipinski definition) is 3. The molecule has 0 fully saturated rings. The van der Waals surface area contributed by atoms with E-state index in [0.717, 1.165) is 31.0 Å². The Morgan fingerprint density at radius 1 is 1.30 bits per heavy atom. The molecule has 5 heteroatoms. The molecule has 5 nitrogen and oxygen atoms in total. The first-order valence-corrected chi connectivity index (χ1v) is 7.27. The van der Waals surface area contributed by atoms with E-state index in [4.69, 9.17) is 0 Å². The standard InChI is InChI=1S/C15H25N5/c1-6-13-7-14(19(5)18-13)10-20-12(4)17-9-15(20)8-16-11(2)3/h7,9,11,16H,6,8,10H2,1-5H3. The number of rotatable bonds is 6. The number of imidazole rings is 1. The van der Waals surface area contributed by atoms with E-state index < -0.39 is 0 Å². The molecule has 0 bridgehead atoms. The Bertz CT molecular complexity index is 565. The highest BCUT2D eigenvalue weighted by Crippen LogP contribution is 2.11. The number of hydrogen-bond donors (Lipinski definition) is 1. The zero-order valence-corrected chi connectivity index (χ0v) is 13.1. The first kappa shape index (κ1) is 14.8. The molecule has 2 heterocycles. The minimum absolute atomic E-state index is 0.474. The van der Waals surface area contributed by atoms with Gasteiger partial charge in [-0.2, -0.15) is 5.10 Å². The van der Waals surface area contributed by atoms with Crippen LogP contribution in [0, 0.1) is 6.92 Å². The molecule has 0 saturated carbocycles. The van der Waals surface area contributed by atoms with E-state index in [-0.39, 0.29) is 0 Å². The summed E-state index contributed by atoms with van der Waals surface area (Å²) in [5.41, 5.74) is 3.58. The Kier molecular flexibility index (Phi) is 4.60. The Morgan fingerprint density at radius 2 is 2.05 bits per heavy atom. The van der Waals surface area contributed by atoms with Gasteiger partial charge in [-0.3, -0.25) is 4.68 Å². The summed E-state index contributed by atoms with van der Waals surface area (Å²) >= 11 is 0. The molecule has 0 spiro atoms. The van der Waals surface area contributed by atoms with Crippen molar-refractivity contribution in [3.05, 3.63) is 35.2 Å². The van der Waals surface area contributed by atoms with Crippen LogP contribution in [0.4, 0.5) is 0 Å². The van der Waals surface area contributed by atoms with Crippen LogP contribution < -0.4 is 5.32 Å². The summed E-state index contributed by atoms with van der Waals surface area (Å²) in [6, 6.07) is 2.65. The van der Waals surface area contributed by atoms with Crippen LogP contribution in [0.1, 0.15) is 43.7 Å². The molecule has 2 rings (SSSR count). The minimum atomic E-state index is 0.474. The third-order valence-corrected chi connectivity index (χ3v) is 3.54. The maximum Gasteiger partial charge on any atom is 0.106 e. The number of aromatic nitrogens is 4. The molecule has 2 aromatic rings. The van der Waals surface area contributed by atoms with Crippen molar-refractivity contribution in [3.63, 3.8) is 0 Å². The SMILES string of the molecule is CCc1cc(Cn2c(CNC(C)C)cnc2C)n(C)n1. The Labute approximate surface area is 121 Å². The van der Waals surface area contributed by atoms with Gasteiger partial charge in [0, 0.05) is 25.8 Å². The maximum absolute atomic E-state index is 4.51. The second-order valence-electron chi connectivity index (χ2n) is 5.52. The molecular weight excluding hydrogens is 250 g/mol. The van der Waals surface area contributed by atoms with Gasteiger partial charge in [-0.1, -0.05) is 20.8 Å². The lowest BCUT2D eigenvalue weighted by Gasteiger charge is -2.12. The molecule has 0 aliphatic rings. The van der Waals surface area contributed by atoms with E-state index >= 15 is 0 Å². The second-order valence-corrected chi connectivity index (χ2v) is 5.52. The van der Waals surface area contributed by atoms with Crippen molar-refractivity contribution >= 4 is 0 Å². The van der Waals surface area contributed by atoms with Gasteiger partial charge in [0.05, 0.1) is 23.6 Å². The van der Waals surface area contributed by atoms with Gasteiger partial charge in [0.25, 0.3) is 0 Å². The van der Waals surface area contributed by atoms with Gasteiger partial charge >= 0.3 is 0 Å². The Hall–Kier alpha value is -1.62. The summed E-state index contributed by atoms with van der Waals surface area (Å²) in [7, 11) is 2.01. The molecular formula is C15H25N5. The largest absolute Gasteiger partial charge is 0.325 e. The fraction of sp³-hybridized carbons (Fsp3) is 0.600. The van der Waals surface area contributed by atoms with Crippen molar-refractivity contribution in [2.24, 2.45) is 7.05 Å². The number of nitrogens with zero attached hydrogens (tertiary/aromatic N) is 4. The van der Waals surface area contributed by atoms with Gasteiger partial charge in [0.15, 0.2) is 0 Å². The molecule has 0 amide bonds. The van der Waals surface area contributed by atoms with E-state index in [9.17, 15) is 0 Å². The van der Waals surface area contributed by atoms with Crippen LogP contribution in [0.15, 0.2) is 12.3 Å². The topological polar surface area (TPSA) is 47.7 Å².